The van der Waals surface area contributed by atoms with Gasteiger partial charge in [-0.15, -0.1) is 0 Å². The molecular weight excluding hydrogens is 244 g/mol. The zero-order valence-corrected chi connectivity index (χ0v) is 12.0. The van der Waals surface area contributed by atoms with Crippen LogP contribution in [-0.2, 0) is 18.2 Å². The van der Waals surface area contributed by atoms with Gasteiger partial charge in [0.05, 0.1) is 30.1 Å². The van der Waals surface area contributed by atoms with Crippen LogP contribution in [0, 0.1) is 0 Å². The number of nitrogens with one attached hydrogen (secondary N) is 1. The van der Waals surface area contributed by atoms with Crippen molar-refractivity contribution in [3.63, 3.8) is 0 Å². The molecule has 1 saturated heterocycles. The van der Waals surface area contributed by atoms with Crippen molar-refractivity contribution in [1.29, 1.82) is 0 Å². The number of amides is 2. The quantitative estimate of drug-likeness (QED) is 0.885. The summed E-state index contributed by atoms with van der Waals surface area (Å²) in [4.78, 5) is 14.1. The number of carbonyl (C=O) groups is 1. The number of hydrogen-bond donors (Lipinski definition) is 1. The van der Waals surface area contributed by atoms with Crippen molar-refractivity contribution in [3.05, 3.63) is 11.9 Å². The van der Waals surface area contributed by atoms with E-state index < -0.39 is 0 Å². The van der Waals surface area contributed by atoms with Crippen LogP contribution in [0.1, 0.15) is 26.5 Å². The predicted molar refractivity (Wildman–Crippen MR) is 73.2 cm³/mol. The van der Waals surface area contributed by atoms with Gasteiger partial charge in [-0.3, -0.25) is 4.68 Å². The lowest BCUT2D eigenvalue weighted by atomic mass is 10.1. The Bertz CT molecular complexity index is 457. The van der Waals surface area contributed by atoms with Crippen LogP contribution in [0.25, 0.3) is 0 Å². The van der Waals surface area contributed by atoms with Gasteiger partial charge in [-0.2, -0.15) is 5.10 Å². The molecule has 106 valence electrons. The highest BCUT2D eigenvalue weighted by atomic mass is 16.5. The topological polar surface area (TPSA) is 59.4 Å². The zero-order chi connectivity index (χ0) is 14.0. The smallest absolute Gasteiger partial charge is 0.322 e. The zero-order valence-electron chi connectivity index (χ0n) is 12.0. The van der Waals surface area contributed by atoms with E-state index in [0.29, 0.717) is 13.2 Å². The summed E-state index contributed by atoms with van der Waals surface area (Å²) in [5, 5.41) is 7.27. The predicted octanol–water partition coefficient (Wildman–Crippen LogP) is 1.62. The number of nitrogens with zero attached hydrogens (tertiary/aromatic N) is 3. The summed E-state index contributed by atoms with van der Waals surface area (Å²) < 4.78 is 7.25. The lowest BCUT2D eigenvalue weighted by molar-refractivity contribution is -0.0355. The molecule has 1 aromatic heterocycles. The van der Waals surface area contributed by atoms with Gasteiger partial charge < -0.3 is 15.0 Å². The van der Waals surface area contributed by atoms with Crippen LogP contribution in [0.5, 0.6) is 0 Å². The first kappa shape index (κ1) is 13.9. The standard InChI is InChI=1S/C13H22N4O2/c1-5-11-12(8-16(4)15-11)14-13(18)17-6-7-19-10(3)9(17)2/h8-10H,5-7H2,1-4H3,(H,14,18)/t9-,10+/m0/s1. The van der Waals surface area contributed by atoms with Crippen molar-refractivity contribution in [1.82, 2.24) is 14.7 Å². The monoisotopic (exact) mass is 266 g/mol. The summed E-state index contributed by atoms with van der Waals surface area (Å²) in [5.74, 6) is 0. The van der Waals surface area contributed by atoms with Gasteiger partial charge in [-0.1, -0.05) is 6.92 Å². The fraction of sp³-hybridized carbons (Fsp3) is 0.692. The molecule has 2 amide bonds. The Morgan fingerprint density at radius 3 is 3.00 bits per heavy atom. The summed E-state index contributed by atoms with van der Waals surface area (Å²) in [6.45, 7) is 7.24. The van der Waals surface area contributed by atoms with E-state index in [9.17, 15) is 4.79 Å². The molecule has 1 aliphatic rings. The van der Waals surface area contributed by atoms with Crippen molar-refractivity contribution in [2.45, 2.75) is 39.3 Å². The Balaban J connectivity index is 2.07. The minimum atomic E-state index is -0.0784. The number of aromatic nitrogens is 2. The molecule has 1 aliphatic heterocycles. The fourth-order valence-corrected chi connectivity index (χ4v) is 2.31. The molecule has 0 aliphatic carbocycles. The van der Waals surface area contributed by atoms with Crippen LogP contribution in [0.4, 0.5) is 10.5 Å². The summed E-state index contributed by atoms with van der Waals surface area (Å²) in [6.07, 6.45) is 2.70. The number of hydrogen-bond acceptors (Lipinski definition) is 3. The van der Waals surface area contributed by atoms with E-state index in [1.165, 1.54) is 0 Å². The van der Waals surface area contributed by atoms with E-state index in [1.54, 1.807) is 4.68 Å². The number of carbonyl (C=O) groups excluding carboxylic acids is 1. The lowest BCUT2D eigenvalue weighted by Crippen LogP contribution is -2.52. The molecule has 0 saturated carbocycles. The fourth-order valence-electron chi connectivity index (χ4n) is 2.31. The molecule has 0 unspecified atom stereocenters. The first-order valence-corrected chi connectivity index (χ1v) is 6.74. The number of anilines is 1. The molecule has 6 heteroatoms. The average Bonchev–Trinajstić information content (AvgIpc) is 2.72. The molecule has 0 radical (unpaired) electrons. The van der Waals surface area contributed by atoms with E-state index >= 15 is 0 Å². The maximum Gasteiger partial charge on any atom is 0.322 e. The maximum atomic E-state index is 12.3. The Kier molecular flexibility index (Phi) is 4.09. The summed E-state index contributed by atoms with van der Waals surface area (Å²) in [5.41, 5.74) is 1.70. The largest absolute Gasteiger partial charge is 0.375 e. The second-order valence-electron chi connectivity index (χ2n) is 4.96. The molecule has 19 heavy (non-hydrogen) atoms. The van der Waals surface area contributed by atoms with Crippen LogP contribution >= 0.6 is 0 Å². The Morgan fingerprint density at radius 1 is 1.58 bits per heavy atom. The van der Waals surface area contributed by atoms with Crippen LogP contribution in [0.2, 0.25) is 0 Å². The van der Waals surface area contributed by atoms with Crippen molar-refractivity contribution in [2.75, 3.05) is 18.5 Å². The highest BCUT2D eigenvalue weighted by Gasteiger charge is 2.29. The van der Waals surface area contributed by atoms with Crippen LogP contribution in [-0.4, -0.2) is 46.0 Å². The van der Waals surface area contributed by atoms with Gasteiger partial charge in [-0.05, 0) is 20.3 Å². The van der Waals surface area contributed by atoms with Crippen molar-refractivity contribution < 1.29 is 9.53 Å². The molecule has 0 aromatic carbocycles. The molecule has 2 atom stereocenters. The number of urea groups is 1. The summed E-state index contributed by atoms with van der Waals surface area (Å²) in [6, 6.07) is 0.000785. The van der Waals surface area contributed by atoms with E-state index in [4.69, 9.17) is 4.74 Å². The Hall–Kier alpha value is -1.56. The number of morpholine rings is 1. The van der Waals surface area contributed by atoms with Crippen molar-refractivity contribution in [3.8, 4) is 0 Å². The molecule has 0 spiro atoms. The van der Waals surface area contributed by atoms with Gasteiger partial charge in [0.25, 0.3) is 0 Å². The average molecular weight is 266 g/mol. The molecule has 2 rings (SSSR count). The molecule has 1 fully saturated rings. The minimum absolute atomic E-state index is 0.0686. The molecule has 2 heterocycles. The van der Waals surface area contributed by atoms with Crippen molar-refractivity contribution in [2.24, 2.45) is 7.05 Å². The molecular formula is C13H22N4O2. The molecule has 0 bridgehead atoms. The van der Waals surface area contributed by atoms with Crippen LogP contribution in [0.15, 0.2) is 6.20 Å². The SMILES string of the molecule is CCc1nn(C)cc1NC(=O)N1CCO[C@H](C)[C@@H]1C. The Morgan fingerprint density at radius 2 is 2.32 bits per heavy atom. The third kappa shape index (κ3) is 2.89. The molecule has 1 N–H and O–H groups in total. The van der Waals surface area contributed by atoms with Crippen LogP contribution < -0.4 is 5.32 Å². The number of ether oxygens (including phenoxy) is 1. The maximum absolute atomic E-state index is 12.3. The van der Waals surface area contributed by atoms with E-state index in [1.807, 2.05) is 38.9 Å². The third-order valence-electron chi connectivity index (χ3n) is 3.63. The van der Waals surface area contributed by atoms with E-state index in [0.717, 1.165) is 17.8 Å². The van der Waals surface area contributed by atoms with Gasteiger partial charge in [0.15, 0.2) is 0 Å². The van der Waals surface area contributed by atoms with Crippen LogP contribution in [0.3, 0.4) is 0 Å². The van der Waals surface area contributed by atoms with Gasteiger partial charge in [0.1, 0.15) is 0 Å². The first-order valence-electron chi connectivity index (χ1n) is 6.74. The van der Waals surface area contributed by atoms with Gasteiger partial charge >= 0.3 is 6.03 Å². The normalized spacial score (nSPS) is 23.5. The lowest BCUT2D eigenvalue weighted by Gasteiger charge is -2.37. The first-order chi connectivity index (χ1) is 9.02. The number of rotatable bonds is 2. The van der Waals surface area contributed by atoms with Gasteiger partial charge in [0.2, 0.25) is 0 Å². The minimum Gasteiger partial charge on any atom is -0.375 e. The van der Waals surface area contributed by atoms with Gasteiger partial charge in [0, 0.05) is 19.8 Å². The van der Waals surface area contributed by atoms with E-state index in [-0.39, 0.29) is 18.2 Å². The molecule has 1 aromatic rings. The highest BCUT2D eigenvalue weighted by Crippen LogP contribution is 2.18. The summed E-state index contributed by atoms with van der Waals surface area (Å²) >= 11 is 0. The second-order valence-corrected chi connectivity index (χ2v) is 4.96. The summed E-state index contributed by atoms with van der Waals surface area (Å²) in [7, 11) is 1.86. The number of aryl methyl sites for hydroxylation is 2. The third-order valence-corrected chi connectivity index (χ3v) is 3.63. The van der Waals surface area contributed by atoms with Gasteiger partial charge in [-0.25, -0.2) is 4.79 Å². The van der Waals surface area contributed by atoms with E-state index in [2.05, 4.69) is 10.4 Å². The second kappa shape index (κ2) is 5.61. The van der Waals surface area contributed by atoms with Crippen molar-refractivity contribution >= 4 is 11.7 Å². The Labute approximate surface area is 113 Å². The highest BCUT2D eigenvalue weighted by molar-refractivity contribution is 5.90. The molecule has 6 nitrogen and oxygen atoms in total.